The monoisotopic (exact) mass is 484 g/mol. The van der Waals surface area contributed by atoms with Gasteiger partial charge in [0.1, 0.15) is 11.5 Å². The lowest BCUT2D eigenvalue weighted by Crippen LogP contribution is -2.37. The first-order valence-electron chi connectivity index (χ1n) is 11.1. The highest BCUT2D eigenvalue weighted by Crippen LogP contribution is 2.24. The Morgan fingerprint density at radius 1 is 1.00 bits per heavy atom. The minimum Gasteiger partial charge on any atom is -0.348 e. The predicted molar refractivity (Wildman–Crippen MR) is 132 cm³/mol. The van der Waals surface area contributed by atoms with Gasteiger partial charge in [0.25, 0.3) is 11.5 Å². The van der Waals surface area contributed by atoms with Crippen LogP contribution in [0.15, 0.2) is 82.6 Å². The quantitative estimate of drug-likeness (QED) is 0.413. The molecule has 10 heteroatoms. The normalized spacial score (nSPS) is 11.1. The number of aryl methyl sites for hydroxylation is 1. The number of amides is 1. The van der Waals surface area contributed by atoms with Crippen LogP contribution in [0, 0.1) is 5.82 Å². The minimum absolute atomic E-state index is 0.127. The Kier molecular flexibility index (Phi) is 5.77. The predicted octanol–water partition coefficient (Wildman–Crippen LogP) is 2.55. The van der Waals surface area contributed by atoms with E-state index in [4.69, 9.17) is 0 Å². The van der Waals surface area contributed by atoms with Gasteiger partial charge in [-0.15, -0.1) is 0 Å². The third kappa shape index (κ3) is 4.09. The largest absolute Gasteiger partial charge is 0.348 e. The van der Waals surface area contributed by atoms with Crippen LogP contribution in [0.5, 0.6) is 0 Å². The standard InChI is InChI=1S/C26H21FN6O3/c1-31-23-21(25(35)32(2)26(31)36)12-17(13-28-23)24(34)29-14-18-15-33(20-6-4-3-5-7-20)30-22(18)16-8-10-19(27)11-9-16/h3-13,15H,14H2,1-2H3,(H,29,34). The number of para-hydroxylation sites is 1. The Hall–Kier alpha value is -4.86. The molecular weight excluding hydrogens is 463 g/mol. The van der Waals surface area contributed by atoms with Gasteiger partial charge in [-0.25, -0.2) is 18.9 Å². The van der Waals surface area contributed by atoms with E-state index in [9.17, 15) is 18.8 Å². The number of rotatable bonds is 5. The van der Waals surface area contributed by atoms with E-state index in [1.54, 1.807) is 23.0 Å². The summed E-state index contributed by atoms with van der Waals surface area (Å²) in [4.78, 5) is 41.8. The van der Waals surface area contributed by atoms with Crippen LogP contribution in [-0.4, -0.2) is 29.8 Å². The fourth-order valence-electron chi connectivity index (χ4n) is 3.97. The van der Waals surface area contributed by atoms with E-state index in [1.807, 2.05) is 30.3 Å². The van der Waals surface area contributed by atoms with Gasteiger partial charge in [-0.05, 0) is 42.5 Å². The molecule has 0 spiro atoms. The number of fused-ring (bicyclic) bond motifs is 1. The summed E-state index contributed by atoms with van der Waals surface area (Å²) < 4.78 is 17.4. The minimum atomic E-state index is -0.530. The van der Waals surface area contributed by atoms with Crippen LogP contribution in [0.2, 0.25) is 0 Å². The van der Waals surface area contributed by atoms with E-state index in [0.29, 0.717) is 16.8 Å². The molecule has 0 unspecified atom stereocenters. The average Bonchev–Trinajstić information content (AvgIpc) is 3.34. The number of carbonyl (C=O) groups excluding carboxylic acids is 1. The molecule has 1 amide bonds. The van der Waals surface area contributed by atoms with Crippen molar-refractivity contribution in [1.82, 2.24) is 29.2 Å². The molecule has 0 radical (unpaired) electrons. The Morgan fingerprint density at radius 3 is 2.44 bits per heavy atom. The topological polar surface area (TPSA) is 104 Å². The van der Waals surface area contributed by atoms with E-state index in [-0.39, 0.29) is 29.0 Å². The number of hydrogen-bond acceptors (Lipinski definition) is 5. The molecule has 9 nitrogen and oxygen atoms in total. The Balaban J connectivity index is 1.47. The summed E-state index contributed by atoms with van der Waals surface area (Å²) >= 11 is 0. The number of pyridine rings is 1. The maximum absolute atomic E-state index is 13.5. The number of benzene rings is 2. The van der Waals surface area contributed by atoms with Crippen LogP contribution < -0.4 is 16.6 Å². The number of nitrogens with one attached hydrogen (secondary N) is 1. The molecule has 0 fully saturated rings. The Morgan fingerprint density at radius 2 is 1.72 bits per heavy atom. The van der Waals surface area contributed by atoms with Crippen LogP contribution in [0.25, 0.3) is 28.0 Å². The highest BCUT2D eigenvalue weighted by Gasteiger charge is 2.16. The van der Waals surface area contributed by atoms with Gasteiger partial charge in [0.2, 0.25) is 0 Å². The number of carbonyl (C=O) groups is 1. The SMILES string of the molecule is Cn1c(=O)c2cc(C(=O)NCc3cn(-c4ccccc4)nc3-c3ccc(F)cc3)cnc2n(C)c1=O. The van der Waals surface area contributed by atoms with Crippen molar-refractivity contribution in [3.05, 3.63) is 111 Å². The van der Waals surface area contributed by atoms with Gasteiger partial charge in [-0.1, -0.05) is 18.2 Å². The van der Waals surface area contributed by atoms with Crippen molar-refractivity contribution in [2.75, 3.05) is 0 Å². The number of nitrogens with zero attached hydrogens (tertiary/aromatic N) is 5. The van der Waals surface area contributed by atoms with Crippen LogP contribution >= 0.6 is 0 Å². The summed E-state index contributed by atoms with van der Waals surface area (Å²) in [5, 5.41) is 7.67. The lowest BCUT2D eigenvalue weighted by Gasteiger charge is -2.09. The molecule has 36 heavy (non-hydrogen) atoms. The average molecular weight is 484 g/mol. The first kappa shape index (κ1) is 22.9. The van der Waals surface area contributed by atoms with Crippen molar-refractivity contribution in [3.8, 4) is 16.9 Å². The maximum atomic E-state index is 13.5. The summed E-state index contributed by atoms with van der Waals surface area (Å²) in [5.41, 5.74) is 2.19. The van der Waals surface area contributed by atoms with Crippen molar-refractivity contribution >= 4 is 16.9 Å². The van der Waals surface area contributed by atoms with Gasteiger partial charge < -0.3 is 5.32 Å². The van der Waals surface area contributed by atoms with E-state index in [0.717, 1.165) is 10.3 Å². The number of aromatic nitrogens is 5. The smallest absolute Gasteiger partial charge is 0.332 e. The van der Waals surface area contributed by atoms with Crippen molar-refractivity contribution in [2.24, 2.45) is 14.1 Å². The fraction of sp³-hybridized carbons (Fsp3) is 0.115. The molecule has 0 aliphatic heterocycles. The molecule has 3 heterocycles. The molecule has 3 aromatic heterocycles. The van der Waals surface area contributed by atoms with Crippen molar-refractivity contribution < 1.29 is 9.18 Å². The molecule has 5 aromatic rings. The van der Waals surface area contributed by atoms with Crippen molar-refractivity contribution in [2.45, 2.75) is 6.54 Å². The molecule has 0 saturated carbocycles. The third-order valence-electron chi connectivity index (χ3n) is 5.92. The van der Waals surface area contributed by atoms with Crippen LogP contribution in [-0.2, 0) is 20.6 Å². The molecule has 180 valence electrons. The number of hydrogen-bond donors (Lipinski definition) is 1. The zero-order chi connectivity index (χ0) is 25.4. The van der Waals surface area contributed by atoms with E-state index < -0.39 is 17.2 Å². The van der Waals surface area contributed by atoms with Gasteiger partial charge >= 0.3 is 5.69 Å². The molecule has 0 aliphatic rings. The zero-order valence-electron chi connectivity index (χ0n) is 19.5. The second-order valence-corrected chi connectivity index (χ2v) is 8.27. The molecule has 0 saturated heterocycles. The zero-order valence-corrected chi connectivity index (χ0v) is 19.5. The third-order valence-corrected chi connectivity index (χ3v) is 5.92. The van der Waals surface area contributed by atoms with Crippen molar-refractivity contribution in [1.29, 1.82) is 0 Å². The summed E-state index contributed by atoms with van der Waals surface area (Å²) in [7, 11) is 2.89. The lowest BCUT2D eigenvalue weighted by molar-refractivity contribution is 0.0950. The van der Waals surface area contributed by atoms with E-state index in [1.165, 1.54) is 43.1 Å². The summed E-state index contributed by atoms with van der Waals surface area (Å²) in [5.74, 6) is -0.804. The van der Waals surface area contributed by atoms with Crippen LogP contribution in [0.1, 0.15) is 15.9 Å². The molecule has 2 aromatic carbocycles. The Labute approximate surface area is 204 Å². The second-order valence-electron chi connectivity index (χ2n) is 8.27. The van der Waals surface area contributed by atoms with Gasteiger partial charge in [0, 0.05) is 44.2 Å². The van der Waals surface area contributed by atoms with Gasteiger partial charge in [-0.3, -0.25) is 18.7 Å². The highest BCUT2D eigenvalue weighted by atomic mass is 19.1. The first-order valence-corrected chi connectivity index (χ1v) is 11.1. The van der Waals surface area contributed by atoms with E-state index in [2.05, 4.69) is 15.4 Å². The van der Waals surface area contributed by atoms with Gasteiger partial charge in [0.05, 0.1) is 22.3 Å². The second kappa shape index (κ2) is 9.06. The first-order chi connectivity index (χ1) is 17.3. The Bertz CT molecular complexity index is 1720. The molecular formula is C26H21FN6O3. The summed E-state index contributed by atoms with van der Waals surface area (Å²) in [6.07, 6.45) is 3.13. The van der Waals surface area contributed by atoms with Crippen molar-refractivity contribution in [3.63, 3.8) is 0 Å². The van der Waals surface area contributed by atoms with Gasteiger partial charge in [-0.2, -0.15) is 5.10 Å². The maximum Gasteiger partial charge on any atom is 0.332 e. The molecule has 0 atom stereocenters. The summed E-state index contributed by atoms with van der Waals surface area (Å²) in [6.45, 7) is 0.127. The van der Waals surface area contributed by atoms with Gasteiger partial charge in [0.15, 0.2) is 0 Å². The number of halogens is 1. The molecule has 0 aliphatic carbocycles. The fourth-order valence-corrected chi connectivity index (χ4v) is 3.97. The lowest BCUT2D eigenvalue weighted by atomic mass is 10.1. The van der Waals surface area contributed by atoms with Crippen LogP contribution in [0.3, 0.4) is 0 Å². The van der Waals surface area contributed by atoms with Crippen LogP contribution in [0.4, 0.5) is 4.39 Å². The summed E-state index contributed by atoms with van der Waals surface area (Å²) in [6, 6.07) is 16.9. The van der Waals surface area contributed by atoms with E-state index >= 15 is 0 Å². The molecule has 0 bridgehead atoms. The molecule has 5 rings (SSSR count). The molecule has 1 N–H and O–H groups in total. The highest BCUT2D eigenvalue weighted by molar-refractivity contribution is 5.96.